The Hall–Kier alpha value is -0.610. The minimum atomic E-state index is -0.714. The lowest BCUT2D eigenvalue weighted by Crippen LogP contribution is -2.50. The van der Waals surface area contributed by atoms with Gasteiger partial charge in [-0.1, -0.05) is 0 Å². The zero-order valence-electron chi connectivity index (χ0n) is 9.86. The minimum Gasteiger partial charge on any atom is -0.389 e. The number of nitrogens with zero attached hydrogens (tertiary/aromatic N) is 1. The van der Waals surface area contributed by atoms with Gasteiger partial charge in [-0.3, -0.25) is 9.69 Å². The average molecular weight is 214 g/mol. The lowest BCUT2D eigenvalue weighted by atomic mass is 9.92. The number of hydrogen-bond donors (Lipinski definition) is 2. The number of piperidine rings is 1. The quantitative estimate of drug-likeness (QED) is 0.712. The van der Waals surface area contributed by atoms with Crippen molar-refractivity contribution < 1.29 is 9.90 Å². The number of likely N-dealkylation sites (tertiary alicyclic amines) is 1. The van der Waals surface area contributed by atoms with Gasteiger partial charge in [0.1, 0.15) is 0 Å². The van der Waals surface area contributed by atoms with Gasteiger partial charge in [-0.15, -0.1) is 0 Å². The number of carbonyl (C=O) groups is 1. The zero-order chi connectivity index (χ0) is 11.6. The third-order valence-electron chi connectivity index (χ3n) is 3.00. The predicted molar refractivity (Wildman–Crippen MR) is 59.3 cm³/mol. The molecule has 88 valence electrons. The number of primary amides is 1. The van der Waals surface area contributed by atoms with Gasteiger partial charge in [0.15, 0.2) is 0 Å². The number of rotatable bonds is 3. The van der Waals surface area contributed by atoms with Crippen molar-refractivity contribution in [1.29, 1.82) is 0 Å². The largest absolute Gasteiger partial charge is 0.389 e. The number of nitrogens with two attached hydrogens (primary N) is 1. The molecule has 0 aromatic carbocycles. The molecule has 2 atom stereocenters. The van der Waals surface area contributed by atoms with E-state index in [-0.39, 0.29) is 11.8 Å². The van der Waals surface area contributed by atoms with Gasteiger partial charge >= 0.3 is 0 Å². The second kappa shape index (κ2) is 4.49. The molecule has 1 rings (SSSR count). The molecule has 3 N–H and O–H groups in total. The van der Waals surface area contributed by atoms with Crippen LogP contribution in [0.5, 0.6) is 0 Å². The second-order valence-corrected chi connectivity index (χ2v) is 5.27. The smallest absolute Gasteiger partial charge is 0.221 e. The molecule has 1 aliphatic rings. The molecule has 0 bridgehead atoms. The normalized spacial score (nSPS) is 29.1. The number of aliphatic hydroxyl groups is 1. The fraction of sp³-hybridized carbons (Fsp3) is 0.909. The highest BCUT2D eigenvalue weighted by Crippen LogP contribution is 2.23. The summed E-state index contributed by atoms with van der Waals surface area (Å²) in [6.45, 7) is 6.97. The van der Waals surface area contributed by atoms with Crippen LogP contribution >= 0.6 is 0 Å². The van der Waals surface area contributed by atoms with E-state index in [0.717, 1.165) is 12.8 Å². The van der Waals surface area contributed by atoms with Crippen LogP contribution in [0, 0.1) is 5.92 Å². The van der Waals surface area contributed by atoms with Crippen molar-refractivity contribution >= 4 is 5.91 Å². The average Bonchev–Trinajstić information content (AvgIpc) is 2.06. The Morgan fingerprint density at radius 3 is 2.60 bits per heavy atom. The van der Waals surface area contributed by atoms with Crippen LogP contribution < -0.4 is 5.73 Å². The van der Waals surface area contributed by atoms with Crippen LogP contribution in [0.25, 0.3) is 0 Å². The van der Waals surface area contributed by atoms with Crippen LogP contribution in [-0.4, -0.2) is 40.6 Å². The summed E-state index contributed by atoms with van der Waals surface area (Å²) in [4.78, 5) is 13.3. The summed E-state index contributed by atoms with van der Waals surface area (Å²) in [6.07, 6.45) is 1.85. The van der Waals surface area contributed by atoms with E-state index in [0.29, 0.717) is 19.1 Å². The molecular formula is C11H22N2O2. The second-order valence-electron chi connectivity index (χ2n) is 5.27. The molecule has 0 aromatic rings. The topological polar surface area (TPSA) is 66.6 Å². The molecule has 1 fully saturated rings. The van der Waals surface area contributed by atoms with Crippen LogP contribution in [0.3, 0.4) is 0 Å². The van der Waals surface area contributed by atoms with Gasteiger partial charge in [0.05, 0.1) is 11.5 Å². The van der Waals surface area contributed by atoms with Gasteiger partial charge in [-0.25, -0.2) is 0 Å². The molecule has 15 heavy (non-hydrogen) atoms. The minimum absolute atomic E-state index is 0.0523. The first-order valence-electron chi connectivity index (χ1n) is 5.55. The SMILES string of the molecule is CC1CCC(C(N)=O)CN1CC(C)(C)O. The van der Waals surface area contributed by atoms with Gasteiger partial charge in [0.2, 0.25) is 5.91 Å². The Kier molecular flexibility index (Phi) is 3.73. The molecule has 0 aliphatic carbocycles. The third kappa shape index (κ3) is 3.80. The van der Waals surface area contributed by atoms with E-state index < -0.39 is 5.60 Å². The maximum Gasteiger partial charge on any atom is 0.221 e. The summed E-state index contributed by atoms with van der Waals surface area (Å²) in [5.74, 6) is -0.272. The first-order valence-corrected chi connectivity index (χ1v) is 5.55. The summed E-state index contributed by atoms with van der Waals surface area (Å²) in [6, 6.07) is 0.423. The Bertz CT molecular complexity index is 235. The molecule has 2 unspecified atom stereocenters. The Balaban J connectivity index is 2.58. The van der Waals surface area contributed by atoms with E-state index in [1.54, 1.807) is 13.8 Å². The summed E-state index contributed by atoms with van der Waals surface area (Å²) in [7, 11) is 0. The predicted octanol–water partition coefficient (Wildman–Crippen LogP) is 0.343. The first kappa shape index (κ1) is 12.5. The van der Waals surface area contributed by atoms with Crippen molar-refractivity contribution in [2.24, 2.45) is 11.7 Å². The van der Waals surface area contributed by atoms with Crippen LogP contribution in [-0.2, 0) is 4.79 Å². The van der Waals surface area contributed by atoms with Crippen molar-refractivity contribution in [3.8, 4) is 0 Å². The zero-order valence-corrected chi connectivity index (χ0v) is 9.86. The van der Waals surface area contributed by atoms with Crippen LogP contribution in [0.15, 0.2) is 0 Å². The maximum absolute atomic E-state index is 11.1. The molecular weight excluding hydrogens is 192 g/mol. The molecule has 4 heteroatoms. The summed E-state index contributed by atoms with van der Waals surface area (Å²) in [5, 5.41) is 9.75. The Morgan fingerprint density at radius 2 is 2.13 bits per heavy atom. The molecule has 0 spiro atoms. The lowest BCUT2D eigenvalue weighted by molar-refractivity contribution is -0.124. The lowest BCUT2D eigenvalue weighted by Gasteiger charge is -2.39. The molecule has 0 saturated carbocycles. The van der Waals surface area contributed by atoms with E-state index in [2.05, 4.69) is 11.8 Å². The first-order chi connectivity index (χ1) is 6.79. The van der Waals surface area contributed by atoms with Crippen molar-refractivity contribution in [1.82, 2.24) is 4.90 Å². The van der Waals surface area contributed by atoms with Crippen molar-refractivity contribution in [3.05, 3.63) is 0 Å². The highest BCUT2D eigenvalue weighted by atomic mass is 16.3. The fourth-order valence-corrected chi connectivity index (χ4v) is 2.13. The fourth-order valence-electron chi connectivity index (χ4n) is 2.13. The number of hydrogen-bond acceptors (Lipinski definition) is 3. The molecule has 1 heterocycles. The van der Waals surface area contributed by atoms with Gasteiger partial charge in [0.25, 0.3) is 0 Å². The number of β-amino-alcohol motifs (C(OH)–C–C–N with tert-alkyl or cyclic N) is 1. The summed E-state index contributed by atoms with van der Waals surface area (Å²) >= 11 is 0. The van der Waals surface area contributed by atoms with Crippen LogP contribution in [0.4, 0.5) is 0 Å². The van der Waals surface area contributed by atoms with Gasteiger partial charge in [-0.05, 0) is 33.6 Å². The van der Waals surface area contributed by atoms with Crippen LogP contribution in [0.2, 0.25) is 0 Å². The highest BCUT2D eigenvalue weighted by Gasteiger charge is 2.31. The molecule has 0 radical (unpaired) electrons. The van der Waals surface area contributed by atoms with E-state index in [1.165, 1.54) is 0 Å². The maximum atomic E-state index is 11.1. The molecule has 1 amide bonds. The molecule has 1 aliphatic heterocycles. The number of carbonyl (C=O) groups excluding carboxylic acids is 1. The van der Waals surface area contributed by atoms with Gasteiger partial charge < -0.3 is 10.8 Å². The van der Waals surface area contributed by atoms with Crippen molar-refractivity contribution in [3.63, 3.8) is 0 Å². The summed E-state index contributed by atoms with van der Waals surface area (Å²) in [5.41, 5.74) is 4.60. The van der Waals surface area contributed by atoms with Crippen LogP contribution in [0.1, 0.15) is 33.6 Å². The van der Waals surface area contributed by atoms with E-state index in [9.17, 15) is 9.90 Å². The van der Waals surface area contributed by atoms with Gasteiger partial charge in [-0.2, -0.15) is 0 Å². The number of amides is 1. The monoisotopic (exact) mass is 214 g/mol. The van der Waals surface area contributed by atoms with Crippen molar-refractivity contribution in [2.75, 3.05) is 13.1 Å². The highest BCUT2D eigenvalue weighted by molar-refractivity contribution is 5.76. The Morgan fingerprint density at radius 1 is 1.53 bits per heavy atom. The standard InChI is InChI=1S/C11H22N2O2/c1-8-4-5-9(10(12)14)6-13(8)7-11(2,3)15/h8-9,15H,4-7H2,1-3H3,(H2,12,14). The van der Waals surface area contributed by atoms with Crippen molar-refractivity contribution in [2.45, 2.75) is 45.3 Å². The van der Waals surface area contributed by atoms with Gasteiger partial charge in [0, 0.05) is 19.1 Å². The van der Waals surface area contributed by atoms with E-state index in [4.69, 9.17) is 5.73 Å². The Labute approximate surface area is 91.4 Å². The third-order valence-corrected chi connectivity index (χ3v) is 3.00. The molecule has 4 nitrogen and oxygen atoms in total. The van der Waals surface area contributed by atoms with E-state index in [1.807, 2.05) is 0 Å². The molecule has 0 aromatic heterocycles. The summed E-state index contributed by atoms with van der Waals surface area (Å²) < 4.78 is 0. The molecule has 1 saturated heterocycles. The van der Waals surface area contributed by atoms with E-state index >= 15 is 0 Å².